The number of halogens is 7. The van der Waals surface area contributed by atoms with Crippen molar-refractivity contribution in [2.45, 2.75) is 201 Å². The average Bonchev–Trinajstić information content (AvgIpc) is 1.62. The first-order valence-corrected chi connectivity index (χ1v) is 51.1. The van der Waals surface area contributed by atoms with Crippen LogP contribution < -0.4 is 60.0 Å². The van der Waals surface area contributed by atoms with Gasteiger partial charge >= 0.3 is 6.43 Å². The second-order valence-electron chi connectivity index (χ2n) is 38.5. The molecule has 5 amide bonds. The first-order chi connectivity index (χ1) is 65.0. The SMILES string of the molecule is C#CCOc1ccc(C(=O)Nc2ccc(F)c([C@]3(C)CN(C)S(=O)(=O)C(C)(C)C(N)=N3)c2)nc1.CC(=O)Nc1ccc(F)c([C@]2(C)CN(C)S(=O)(=O)C(C)(C)C(N)=N2)c1.CN1C[C@@](C)(c2cc(NC(=O)C(F)F)ccc2F)N=C(N)C(C)(C)S1(=O)=O.CN1C[C@@](C)(c2cc(NC(=O)CC3CC3)ccc2F)N=C(N)C(C)(C)S1(=O)=O.CO[C@H](C)C(=O)Nc1ccc(F)c([C@]2(C)CN(C)S(=O)(=O)C(C)(C)C(N)=N2)c1. The minimum atomic E-state index is -3.87. The van der Waals surface area contributed by atoms with Crippen LogP contribution >= 0.6 is 0 Å². The number of alkyl halides is 2. The highest BCUT2D eigenvalue weighted by molar-refractivity contribution is 7.92. The largest absolute Gasteiger partial charge is 0.479 e. The molecule has 1 aliphatic carbocycles. The number of nitrogens with zero attached hydrogens (tertiary/aromatic N) is 11. The predicted octanol–water partition coefficient (Wildman–Crippen LogP) is 8.79. The molecule has 5 aromatic carbocycles. The molecule has 142 heavy (non-hydrogen) atoms. The highest BCUT2D eigenvalue weighted by Gasteiger charge is 2.55. The van der Waals surface area contributed by atoms with Crippen LogP contribution in [0.5, 0.6) is 5.75 Å². The molecule has 6 aromatic rings. The molecule has 12 rings (SSSR count). The summed E-state index contributed by atoms with van der Waals surface area (Å²) in [6, 6.07) is 22.6. The number of hydrogen-bond acceptors (Lipinski definition) is 28. The van der Waals surface area contributed by atoms with E-state index in [1.165, 1.54) is 210 Å². The Balaban J connectivity index is 0.000000218. The van der Waals surface area contributed by atoms with Gasteiger partial charge in [-0.15, -0.1) is 6.42 Å². The van der Waals surface area contributed by atoms with E-state index in [2.05, 4.69) is 57.1 Å². The minimum absolute atomic E-state index is 0.0688. The standard InChI is InChI=1S/C23H26FN5O4S.C19H27FN4O3S.C18H27FN4O4S.C16H21F3N4O3S.C16H23FN4O3S/c1-6-11-33-16-8-10-19(26-13-16)20(30)27-15-7-9-18(24)17(12-15)23(4)14-29(5)34(31,32)22(2,3)21(25)28-23;1-18(2)17(21)23-19(3,11-24(4)28(18,26)27)14-10-13(7-8-15(14)20)22-16(25)9-12-5-6-12;1-11(27-6)15(24)21-12-7-8-14(19)13(9-12)18(4)10-23(5)28(25,26)17(2,3)16(20)22-18;1-15(2)14(20)22-16(3,8-23(4)27(15,25)26)10-7-9(5-6-11(10)17)21-13(24)12(18)19;1-10(22)19-11-6-7-13(17)12(8-11)16(4)9-21(5)25(23,24)15(2,3)14(18)20-16/h1,7-10,12-13H,11,14H2,2-5H3,(H2,25,28)(H,27,30);7-8,10,12H,5-6,9,11H2,1-4H3,(H2,21,23)(H,22,25);7-9,11H,10H2,1-6H3,(H2,20,22)(H,21,24);5-7,12H,8H2,1-4H3,(H2,20,22)(H,21,24);6-8H,9H2,1-5H3,(H2,18,20)(H,19,22)/t23-;19-;11-,18+;2*16-/m00100/s1. The van der Waals surface area contributed by atoms with Crippen LogP contribution in [0.3, 0.4) is 0 Å². The fourth-order valence-corrected chi connectivity index (χ4v) is 23.2. The molecule has 38 nitrogen and oxygen atoms in total. The van der Waals surface area contributed by atoms with E-state index in [1.54, 1.807) is 40.7 Å². The van der Waals surface area contributed by atoms with Crippen molar-refractivity contribution in [1.29, 1.82) is 0 Å². The van der Waals surface area contributed by atoms with E-state index in [4.69, 9.17) is 44.6 Å². The predicted molar refractivity (Wildman–Crippen MR) is 532 cm³/mol. The summed E-state index contributed by atoms with van der Waals surface area (Å²) in [6.45, 7) is 24.8. The number of ether oxygens (including phenoxy) is 2. The Morgan fingerprint density at radius 3 is 0.923 bits per heavy atom. The van der Waals surface area contributed by atoms with Gasteiger partial charge in [0, 0.05) is 145 Å². The zero-order valence-corrected chi connectivity index (χ0v) is 87.1. The summed E-state index contributed by atoms with van der Waals surface area (Å²) in [5.41, 5.74) is 25.5. The molecule has 6 atom stereocenters. The van der Waals surface area contributed by atoms with Crippen LogP contribution in [0.2, 0.25) is 0 Å². The van der Waals surface area contributed by atoms with E-state index >= 15 is 0 Å². The summed E-state index contributed by atoms with van der Waals surface area (Å²) in [6.07, 6.45) is 5.15. The minimum Gasteiger partial charge on any atom is -0.479 e. The van der Waals surface area contributed by atoms with Gasteiger partial charge in [-0.3, -0.25) is 48.9 Å². The molecule has 6 aliphatic rings. The van der Waals surface area contributed by atoms with Crippen molar-refractivity contribution < 1.29 is 106 Å². The average molecular weight is 2090 g/mol. The van der Waals surface area contributed by atoms with E-state index in [0.29, 0.717) is 35.2 Å². The van der Waals surface area contributed by atoms with Gasteiger partial charge in [0.25, 0.3) is 17.7 Å². The number of nitrogens with two attached hydrogens (primary N) is 5. The maximum absolute atomic E-state index is 14.9. The van der Waals surface area contributed by atoms with Crippen molar-refractivity contribution in [3.63, 3.8) is 0 Å². The van der Waals surface area contributed by atoms with Crippen LogP contribution in [0.25, 0.3) is 0 Å². The first-order valence-electron chi connectivity index (χ1n) is 43.9. The normalized spacial score (nSPS) is 24.8. The number of terminal acetylenes is 1. The number of benzene rings is 5. The summed E-state index contributed by atoms with van der Waals surface area (Å²) in [4.78, 5) is 85.2. The number of rotatable bonds is 18. The van der Waals surface area contributed by atoms with Crippen molar-refractivity contribution in [2.24, 2.45) is 59.5 Å². The summed E-state index contributed by atoms with van der Waals surface area (Å²) < 4.78 is 235. The van der Waals surface area contributed by atoms with Crippen molar-refractivity contribution in [1.82, 2.24) is 26.5 Å². The van der Waals surface area contributed by atoms with E-state index in [9.17, 15) is 96.8 Å². The fourth-order valence-electron chi connectivity index (χ4n) is 15.7. The first kappa shape index (κ1) is 116. The van der Waals surface area contributed by atoms with Crippen molar-refractivity contribution in [3.05, 3.63) is 172 Å². The topological polar surface area (TPSA) is 556 Å². The van der Waals surface area contributed by atoms with Crippen molar-refractivity contribution in [3.8, 4) is 18.1 Å². The van der Waals surface area contributed by atoms with Gasteiger partial charge in [0.2, 0.25) is 61.9 Å². The van der Waals surface area contributed by atoms with Crippen LogP contribution in [0.1, 0.15) is 175 Å². The van der Waals surface area contributed by atoms with Gasteiger partial charge in [-0.25, -0.2) is 90.6 Å². The van der Waals surface area contributed by atoms with Gasteiger partial charge in [-0.05, 0) is 233 Å². The van der Waals surface area contributed by atoms with Crippen LogP contribution in [-0.2, 0) is 102 Å². The van der Waals surface area contributed by atoms with E-state index in [-0.39, 0.29) is 125 Å². The maximum Gasteiger partial charge on any atom is 0.315 e. The quantitative estimate of drug-likeness (QED) is 0.0284. The molecule has 6 heterocycles. The summed E-state index contributed by atoms with van der Waals surface area (Å²) in [5.74, 6) is -3.36. The third kappa shape index (κ3) is 24.2. The van der Waals surface area contributed by atoms with Gasteiger partial charge in [-0.1, -0.05) is 5.92 Å². The second-order valence-corrected chi connectivity index (χ2v) is 51.5. The molecule has 1 saturated carbocycles. The van der Waals surface area contributed by atoms with Crippen LogP contribution in [-0.4, -0.2) is 245 Å². The lowest BCUT2D eigenvalue weighted by molar-refractivity contribution is -0.126. The number of anilines is 5. The number of carbonyl (C=O) groups is 5. The Morgan fingerprint density at radius 2 is 0.683 bits per heavy atom. The fraction of sp³-hybridized carbons (Fsp3) is 0.489. The van der Waals surface area contributed by atoms with E-state index in [0.717, 1.165) is 52.6 Å². The number of pyridine rings is 1. The molecule has 0 radical (unpaired) electrons. The Morgan fingerprint density at radius 1 is 0.423 bits per heavy atom. The number of methoxy groups -OCH3 is 1. The molecule has 1 fully saturated rings. The van der Waals surface area contributed by atoms with Crippen LogP contribution in [0.15, 0.2) is 134 Å². The third-order valence-electron chi connectivity index (χ3n) is 25.4. The van der Waals surface area contributed by atoms with Crippen LogP contribution in [0, 0.1) is 47.3 Å². The van der Waals surface area contributed by atoms with Crippen LogP contribution in [0.4, 0.5) is 59.2 Å². The van der Waals surface area contributed by atoms with E-state index < -0.39 is 161 Å². The number of sulfonamides is 5. The van der Waals surface area contributed by atoms with Gasteiger partial charge in [0.1, 0.15) is 134 Å². The molecule has 0 saturated heterocycles. The number of carbonyl (C=O) groups excluding carboxylic acids is 5. The molecule has 0 unspecified atom stereocenters. The summed E-state index contributed by atoms with van der Waals surface area (Å²) in [7, 11) is -10.6. The number of aromatic nitrogens is 1. The zero-order chi connectivity index (χ0) is 108. The number of amides is 5. The Bertz CT molecular complexity index is 6730. The third-order valence-corrected chi connectivity index (χ3v) is 37.6. The smallest absolute Gasteiger partial charge is 0.315 e. The lowest BCUT2D eigenvalue weighted by atomic mass is 9.91. The molecule has 778 valence electrons. The lowest BCUT2D eigenvalue weighted by Crippen LogP contribution is -2.50. The van der Waals surface area contributed by atoms with Gasteiger partial charge in [0.15, 0.2) is 0 Å². The molecule has 50 heteroatoms. The highest BCUT2D eigenvalue weighted by atomic mass is 32.2. The number of likely N-dealkylation sites (N-methyl/N-ethyl adjacent to an activating group) is 5. The molecule has 0 spiro atoms. The van der Waals surface area contributed by atoms with Crippen molar-refractivity contribution >= 4 is 137 Å². The van der Waals surface area contributed by atoms with Crippen molar-refractivity contribution in [2.75, 3.05) is 108 Å². The monoisotopic (exact) mass is 2090 g/mol. The Labute approximate surface area is 823 Å². The summed E-state index contributed by atoms with van der Waals surface area (Å²) in [5, 5.41) is 12.6. The Hall–Kier alpha value is -11.7. The highest BCUT2D eigenvalue weighted by Crippen LogP contribution is 2.44. The number of amidine groups is 5. The summed E-state index contributed by atoms with van der Waals surface area (Å²) >= 11 is 0. The zero-order valence-electron chi connectivity index (χ0n) is 83.0. The molecule has 1 aromatic heterocycles. The van der Waals surface area contributed by atoms with Gasteiger partial charge in [-0.2, -0.15) is 8.78 Å². The molecular weight excluding hydrogens is 1960 g/mol. The Kier molecular flexibility index (Phi) is 34.5. The maximum atomic E-state index is 14.9. The number of nitrogens with one attached hydrogen (secondary N) is 5. The molecular formula is C92H124F7N21O17S5. The number of aliphatic imine (C=N–C) groups is 5. The molecule has 5 aliphatic heterocycles. The number of hydrogen-bond donors (Lipinski definition) is 10. The second kappa shape index (κ2) is 42.3. The van der Waals surface area contributed by atoms with Gasteiger partial charge in [0.05, 0.1) is 6.20 Å². The molecule has 15 N–H and O–H groups in total. The van der Waals surface area contributed by atoms with Gasteiger partial charge < -0.3 is 64.7 Å². The lowest BCUT2D eigenvalue weighted by Gasteiger charge is -2.29. The molecule has 0 bridgehead atoms. The van der Waals surface area contributed by atoms with E-state index in [1.807, 2.05) is 5.32 Å².